The van der Waals surface area contributed by atoms with Gasteiger partial charge in [0.2, 0.25) is 5.91 Å². The van der Waals surface area contributed by atoms with E-state index in [1.165, 1.54) is 0 Å². The lowest BCUT2D eigenvalue weighted by Crippen LogP contribution is -2.45. The van der Waals surface area contributed by atoms with E-state index in [9.17, 15) is 4.79 Å². The van der Waals surface area contributed by atoms with Crippen LogP contribution >= 0.6 is 0 Å². The van der Waals surface area contributed by atoms with Gasteiger partial charge < -0.3 is 20.1 Å². The maximum atomic E-state index is 11.8. The van der Waals surface area contributed by atoms with Gasteiger partial charge >= 0.3 is 0 Å². The van der Waals surface area contributed by atoms with E-state index in [1.54, 1.807) is 0 Å². The number of rotatable bonds is 5. The highest BCUT2D eigenvalue weighted by Gasteiger charge is 2.25. The molecule has 0 spiro atoms. The van der Waals surface area contributed by atoms with Crippen molar-refractivity contribution < 1.29 is 9.32 Å². The van der Waals surface area contributed by atoms with Gasteiger partial charge in [-0.05, 0) is 27.2 Å². The molecule has 1 atom stereocenters. The summed E-state index contributed by atoms with van der Waals surface area (Å²) >= 11 is 0. The molecule has 1 aliphatic rings. The highest BCUT2D eigenvalue weighted by molar-refractivity contribution is 5.80. The van der Waals surface area contributed by atoms with Crippen molar-refractivity contribution in [3.63, 3.8) is 0 Å². The number of aryl methyl sites for hydroxylation is 2. The number of guanidine groups is 1. The van der Waals surface area contributed by atoms with Gasteiger partial charge in [0.15, 0.2) is 5.96 Å². The molecule has 2 rings (SSSR count). The minimum atomic E-state index is 0.215. The lowest BCUT2D eigenvalue weighted by Gasteiger charge is -2.18. The second-order valence-corrected chi connectivity index (χ2v) is 5.82. The number of likely N-dealkylation sites (tertiary alicyclic amines) is 1. The molecule has 7 heteroatoms. The standard InChI is InChI=1S/C16H27N5O2/c1-5-15(22)21-8-7-13(10-21)19-16(17-6-2)18-9-14-11(3)20-23-12(14)4/h13H,5-10H2,1-4H3,(H2,17,18,19). The number of aromatic nitrogens is 1. The molecule has 0 saturated carbocycles. The molecule has 1 amide bonds. The van der Waals surface area contributed by atoms with Crippen molar-refractivity contribution >= 4 is 11.9 Å². The molecule has 1 aromatic heterocycles. The summed E-state index contributed by atoms with van der Waals surface area (Å²) in [6, 6.07) is 0.243. The van der Waals surface area contributed by atoms with E-state index in [0.29, 0.717) is 13.0 Å². The Morgan fingerprint density at radius 2 is 2.22 bits per heavy atom. The second-order valence-electron chi connectivity index (χ2n) is 5.82. The number of carbonyl (C=O) groups excluding carboxylic acids is 1. The van der Waals surface area contributed by atoms with Crippen LogP contribution in [0.4, 0.5) is 0 Å². The fourth-order valence-electron chi connectivity index (χ4n) is 2.73. The van der Waals surface area contributed by atoms with Crippen LogP contribution in [-0.2, 0) is 11.3 Å². The first-order valence-electron chi connectivity index (χ1n) is 8.29. The van der Waals surface area contributed by atoms with Crippen molar-refractivity contribution in [1.29, 1.82) is 0 Å². The van der Waals surface area contributed by atoms with Gasteiger partial charge in [-0.2, -0.15) is 0 Å². The summed E-state index contributed by atoms with van der Waals surface area (Å²) in [5, 5.41) is 10.6. The highest BCUT2D eigenvalue weighted by atomic mass is 16.5. The van der Waals surface area contributed by atoms with Crippen LogP contribution in [0.3, 0.4) is 0 Å². The zero-order valence-electron chi connectivity index (χ0n) is 14.5. The number of hydrogen-bond donors (Lipinski definition) is 2. The minimum Gasteiger partial charge on any atom is -0.361 e. The normalized spacial score (nSPS) is 18.3. The Morgan fingerprint density at radius 1 is 1.43 bits per heavy atom. The molecule has 1 saturated heterocycles. The molecule has 23 heavy (non-hydrogen) atoms. The van der Waals surface area contributed by atoms with Gasteiger partial charge in [0.1, 0.15) is 5.76 Å². The Morgan fingerprint density at radius 3 is 2.83 bits per heavy atom. The van der Waals surface area contributed by atoms with Gasteiger partial charge in [-0.3, -0.25) is 4.79 Å². The summed E-state index contributed by atoms with van der Waals surface area (Å²) in [4.78, 5) is 18.3. The molecule has 2 heterocycles. The molecule has 7 nitrogen and oxygen atoms in total. The lowest BCUT2D eigenvalue weighted by atomic mass is 10.2. The van der Waals surface area contributed by atoms with Crippen LogP contribution in [0.5, 0.6) is 0 Å². The lowest BCUT2D eigenvalue weighted by molar-refractivity contribution is -0.129. The number of nitrogens with zero attached hydrogens (tertiary/aromatic N) is 3. The van der Waals surface area contributed by atoms with Crippen LogP contribution in [0.2, 0.25) is 0 Å². The summed E-state index contributed by atoms with van der Waals surface area (Å²) < 4.78 is 5.17. The van der Waals surface area contributed by atoms with Crippen LogP contribution in [0.1, 0.15) is 43.7 Å². The van der Waals surface area contributed by atoms with Crippen molar-refractivity contribution in [3.05, 3.63) is 17.0 Å². The summed E-state index contributed by atoms with van der Waals surface area (Å²) in [6.07, 6.45) is 1.51. The third kappa shape index (κ3) is 4.46. The first kappa shape index (κ1) is 17.3. The minimum absolute atomic E-state index is 0.215. The average molecular weight is 321 g/mol. The quantitative estimate of drug-likeness (QED) is 0.632. The average Bonchev–Trinajstić information content (AvgIpc) is 3.12. The SMILES string of the molecule is CCNC(=NCc1c(C)noc1C)NC1CCN(C(=O)CC)C1. The molecule has 0 radical (unpaired) electrons. The van der Waals surface area contributed by atoms with Crippen molar-refractivity contribution in [3.8, 4) is 0 Å². The largest absolute Gasteiger partial charge is 0.361 e. The van der Waals surface area contributed by atoms with E-state index in [4.69, 9.17) is 4.52 Å². The van der Waals surface area contributed by atoms with Gasteiger partial charge in [0.25, 0.3) is 0 Å². The first-order valence-corrected chi connectivity index (χ1v) is 8.29. The number of hydrogen-bond acceptors (Lipinski definition) is 4. The monoisotopic (exact) mass is 321 g/mol. The topological polar surface area (TPSA) is 82.8 Å². The van der Waals surface area contributed by atoms with Crippen LogP contribution in [0, 0.1) is 13.8 Å². The summed E-state index contributed by atoms with van der Waals surface area (Å²) in [5.41, 5.74) is 1.90. The molecule has 1 unspecified atom stereocenters. The Hall–Kier alpha value is -2.05. The summed E-state index contributed by atoms with van der Waals surface area (Å²) in [5.74, 6) is 1.79. The molecular weight excluding hydrogens is 294 g/mol. The molecule has 0 aliphatic carbocycles. The fraction of sp³-hybridized carbons (Fsp3) is 0.688. The number of nitrogens with one attached hydrogen (secondary N) is 2. The zero-order valence-corrected chi connectivity index (χ0v) is 14.5. The van der Waals surface area contributed by atoms with E-state index in [-0.39, 0.29) is 11.9 Å². The number of carbonyl (C=O) groups is 1. The predicted octanol–water partition coefficient (Wildman–Crippen LogP) is 1.36. The number of amides is 1. The van der Waals surface area contributed by atoms with Crippen molar-refractivity contribution in [2.45, 2.75) is 53.1 Å². The van der Waals surface area contributed by atoms with E-state index < -0.39 is 0 Å². The van der Waals surface area contributed by atoms with Crippen molar-refractivity contribution in [1.82, 2.24) is 20.7 Å². The summed E-state index contributed by atoms with van der Waals surface area (Å²) in [7, 11) is 0. The van der Waals surface area contributed by atoms with Crippen LogP contribution in [0.15, 0.2) is 9.52 Å². The molecule has 1 aromatic rings. The third-order valence-corrected chi connectivity index (χ3v) is 4.10. The van der Waals surface area contributed by atoms with Crippen LogP contribution in [0.25, 0.3) is 0 Å². The van der Waals surface area contributed by atoms with Crippen LogP contribution < -0.4 is 10.6 Å². The third-order valence-electron chi connectivity index (χ3n) is 4.10. The Labute approximate surface area is 137 Å². The van der Waals surface area contributed by atoms with E-state index in [2.05, 4.69) is 20.8 Å². The van der Waals surface area contributed by atoms with E-state index >= 15 is 0 Å². The van der Waals surface area contributed by atoms with Gasteiger partial charge in [-0.25, -0.2) is 4.99 Å². The molecule has 0 bridgehead atoms. The van der Waals surface area contributed by atoms with Gasteiger partial charge in [-0.1, -0.05) is 12.1 Å². The second kappa shape index (κ2) is 7.99. The maximum absolute atomic E-state index is 11.8. The molecule has 2 N–H and O–H groups in total. The molecule has 0 aromatic carbocycles. The zero-order chi connectivity index (χ0) is 16.8. The molecule has 1 fully saturated rings. The van der Waals surface area contributed by atoms with Crippen LogP contribution in [-0.4, -0.2) is 47.6 Å². The van der Waals surface area contributed by atoms with E-state index in [0.717, 1.165) is 49.0 Å². The Kier molecular flexibility index (Phi) is 6.01. The van der Waals surface area contributed by atoms with Crippen molar-refractivity contribution in [2.75, 3.05) is 19.6 Å². The van der Waals surface area contributed by atoms with Gasteiger partial charge in [0.05, 0.1) is 12.2 Å². The van der Waals surface area contributed by atoms with Gasteiger partial charge in [0, 0.05) is 37.7 Å². The van der Waals surface area contributed by atoms with Crippen molar-refractivity contribution in [2.24, 2.45) is 4.99 Å². The Bertz CT molecular complexity index is 547. The van der Waals surface area contributed by atoms with E-state index in [1.807, 2.05) is 32.6 Å². The fourth-order valence-corrected chi connectivity index (χ4v) is 2.73. The molecule has 128 valence electrons. The predicted molar refractivity (Wildman–Crippen MR) is 89.2 cm³/mol. The molecule has 1 aliphatic heterocycles. The highest BCUT2D eigenvalue weighted by Crippen LogP contribution is 2.14. The number of aliphatic imine (C=N–C) groups is 1. The Balaban J connectivity index is 1.96. The maximum Gasteiger partial charge on any atom is 0.222 e. The van der Waals surface area contributed by atoms with Gasteiger partial charge in [-0.15, -0.1) is 0 Å². The smallest absolute Gasteiger partial charge is 0.222 e. The molecular formula is C16H27N5O2. The summed E-state index contributed by atoms with van der Waals surface area (Å²) in [6.45, 7) is 10.6. The first-order chi connectivity index (χ1) is 11.0.